The molecule has 108 valence electrons. The second-order valence-corrected chi connectivity index (χ2v) is 4.46. The molecule has 0 spiro atoms. The fourth-order valence-corrected chi connectivity index (χ4v) is 2.03. The Labute approximate surface area is 121 Å². The highest BCUT2D eigenvalue weighted by Crippen LogP contribution is 2.19. The number of carboxylic acids is 1. The second kappa shape index (κ2) is 6.04. The Morgan fingerprint density at radius 1 is 1.29 bits per heavy atom. The third kappa shape index (κ3) is 3.00. The molecule has 0 atom stereocenters. The number of para-hydroxylation sites is 1. The van der Waals surface area contributed by atoms with Gasteiger partial charge in [0.15, 0.2) is 5.71 Å². The highest BCUT2D eigenvalue weighted by Gasteiger charge is 2.12. The molecule has 0 unspecified atom stereocenters. The minimum Gasteiger partial charge on any atom is -0.476 e. The summed E-state index contributed by atoms with van der Waals surface area (Å²) in [5, 5.41) is 24.6. The number of hydrogen-bond acceptors (Lipinski definition) is 4. The van der Waals surface area contributed by atoms with Crippen molar-refractivity contribution in [1.29, 1.82) is 0 Å². The van der Waals surface area contributed by atoms with Crippen LogP contribution in [0.25, 0.3) is 11.8 Å². The van der Waals surface area contributed by atoms with Gasteiger partial charge in [-0.1, -0.05) is 23.4 Å². The first kappa shape index (κ1) is 14.5. The average molecular weight is 285 g/mol. The second-order valence-electron chi connectivity index (χ2n) is 4.46. The van der Waals surface area contributed by atoms with Crippen molar-refractivity contribution in [2.24, 2.45) is 5.16 Å². The number of aryl methyl sites for hydroxylation is 1. The molecule has 1 heterocycles. The molecule has 0 aliphatic heterocycles. The molecule has 6 nitrogen and oxygen atoms in total. The summed E-state index contributed by atoms with van der Waals surface area (Å²) in [5.41, 5.74) is 2.92. The van der Waals surface area contributed by atoms with Crippen LogP contribution in [0.3, 0.4) is 0 Å². The first-order valence-electron chi connectivity index (χ1n) is 6.29. The van der Waals surface area contributed by atoms with Crippen molar-refractivity contribution in [2.45, 2.75) is 13.8 Å². The van der Waals surface area contributed by atoms with Crippen molar-refractivity contribution in [3.8, 4) is 5.69 Å². The van der Waals surface area contributed by atoms with Gasteiger partial charge in [-0.2, -0.15) is 5.10 Å². The van der Waals surface area contributed by atoms with Gasteiger partial charge < -0.3 is 10.3 Å². The average Bonchev–Trinajstić information content (AvgIpc) is 2.76. The van der Waals surface area contributed by atoms with Gasteiger partial charge in [-0.3, -0.25) is 0 Å². The smallest absolute Gasteiger partial charge is 0.357 e. The van der Waals surface area contributed by atoms with Crippen molar-refractivity contribution < 1.29 is 15.1 Å². The molecule has 0 bridgehead atoms. The van der Waals surface area contributed by atoms with Crippen LogP contribution < -0.4 is 0 Å². The van der Waals surface area contributed by atoms with Crippen molar-refractivity contribution >= 4 is 17.8 Å². The fourth-order valence-electron chi connectivity index (χ4n) is 2.03. The van der Waals surface area contributed by atoms with Gasteiger partial charge in [0.2, 0.25) is 0 Å². The third-order valence-corrected chi connectivity index (χ3v) is 3.08. The van der Waals surface area contributed by atoms with E-state index in [1.807, 2.05) is 44.2 Å². The van der Waals surface area contributed by atoms with E-state index in [9.17, 15) is 4.79 Å². The Morgan fingerprint density at radius 3 is 2.52 bits per heavy atom. The van der Waals surface area contributed by atoms with Gasteiger partial charge in [0.1, 0.15) is 0 Å². The molecule has 0 radical (unpaired) electrons. The standard InChI is InChI=1S/C15H15N3O3/c1-10-13(8-9-14(17-21)15(19)20)11(2)18(16-10)12-6-4-3-5-7-12/h3-9,21H,1-2H3,(H,19,20)/b9-8+,17-14-. The van der Waals surface area contributed by atoms with E-state index in [1.165, 1.54) is 6.08 Å². The SMILES string of the molecule is Cc1nn(-c2ccccc2)c(C)c1/C=C/C(=N/O)C(=O)O. The van der Waals surface area contributed by atoms with E-state index < -0.39 is 11.7 Å². The number of rotatable bonds is 4. The van der Waals surface area contributed by atoms with E-state index in [1.54, 1.807) is 10.8 Å². The minimum atomic E-state index is -1.29. The minimum absolute atomic E-state index is 0.429. The van der Waals surface area contributed by atoms with Gasteiger partial charge in [-0.05, 0) is 38.1 Å². The molecule has 0 fully saturated rings. The summed E-state index contributed by atoms with van der Waals surface area (Å²) in [7, 11) is 0. The predicted octanol–water partition coefficient (Wildman–Crippen LogP) is 2.42. The Hall–Kier alpha value is -2.89. The number of benzene rings is 1. The van der Waals surface area contributed by atoms with Crippen molar-refractivity contribution in [1.82, 2.24) is 9.78 Å². The molecule has 1 aromatic carbocycles. The molecule has 2 N–H and O–H groups in total. The summed E-state index contributed by atoms with van der Waals surface area (Å²) in [4.78, 5) is 10.8. The van der Waals surface area contributed by atoms with Crippen molar-refractivity contribution in [3.63, 3.8) is 0 Å². The first-order chi connectivity index (χ1) is 10.0. The van der Waals surface area contributed by atoms with E-state index in [2.05, 4.69) is 10.3 Å². The summed E-state index contributed by atoms with van der Waals surface area (Å²) in [6.45, 7) is 3.73. The topological polar surface area (TPSA) is 87.7 Å². The molecule has 0 saturated heterocycles. The van der Waals surface area contributed by atoms with Crippen molar-refractivity contribution in [3.05, 3.63) is 53.4 Å². The van der Waals surface area contributed by atoms with Crippen molar-refractivity contribution in [2.75, 3.05) is 0 Å². The summed E-state index contributed by atoms with van der Waals surface area (Å²) < 4.78 is 1.78. The van der Waals surface area contributed by atoms with Crippen LogP contribution in [0.15, 0.2) is 41.6 Å². The van der Waals surface area contributed by atoms with Crippen LogP contribution in [-0.4, -0.2) is 31.8 Å². The van der Waals surface area contributed by atoms with E-state index >= 15 is 0 Å². The lowest BCUT2D eigenvalue weighted by molar-refractivity contribution is -0.129. The maximum absolute atomic E-state index is 10.8. The Morgan fingerprint density at radius 2 is 1.95 bits per heavy atom. The van der Waals surface area contributed by atoms with Gasteiger partial charge >= 0.3 is 5.97 Å². The molecule has 2 rings (SSSR count). The maximum atomic E-state index is 10.8. The predicted molar refractivity (Wildman–Crippen MR) is 78.9 cm³/mol. The number of nitrogens with zero attached hydrogens (tertiary/aromatic N) is 3. The van der Waals surface area contributed by atoms with Crippen LogP contribution >= 0.6 is 0 Å². The number of hydrogen-bond donors (Lipinski definition) is 2. The zero-order valence-electron chi connectivity index (χ0n) is 11.7. The zero-order chi connectivity index (χ0) is 15.4. The van der Waals surface area contributed by atoms with E-state index in [0.29, 0.717) is 0 Å². The molecule has 2 aromatic rings. The third-order valence-electron chi connectivity index (χ3n) is 3.08. The maximum Gasteiger partial charge on any atom is 0.357 e. The number of carboxylic acid groups (broad SMARTS) is 1. The highest BCUT2D eigenvalue weighted by molar-refractivity contribution is 6.40. The van der Waals surface area contributed by atoms with Crippen LogP contribution in [0.1, 0.15) is 17.0 Å². The van der Waals surface area contributed by atoms with Gasteiger partial charge in [0.25, 0.3) is 0 Å². The van der Waals surface area contributed by atoms with E-state index in [4.69, 9.17) is 10.3 Å². The van der Waals surface area contributed by atoms with E-state index in [-0.39, 0.29) is 0 Å². The van der Waals surface area contributed by atoms with Crippen LogP contribution in [0.2, 0.25) is 0 Å². The van der Waals surface area contributed by atoms with Gasteiger partial charge in [0, 0.05) is 11.3 Å². The highest BCUT2D eigenvalue weighted by atomic mass is 16.4. The Kier molecular flexibility index (Phi) is 4.18. The van der Waals surface area contributed by atoms with Gasteiger partial charge in [-0.25, -0.2) is 9.48 Å². The Balaban J connectivity index is 2.41. The molecule has 0 amide bonds. The fraction of sp³-hybridized carbons (Fsp3) is 0.133. The lowest BCUT2D eigenvalue weighted by Crippen LogP contribution is -2.09. The number of aromatic nitrogens is 2. The monoisotopic (exact) mass is 285 g/mol. The van der Waals surface area contributed by atoms with Crippen LogP contribution in [0.5, 0.6) is 0 Å². The van der Waals surface area contributed by atoms with Crippen LogP contribution in [-0.2, 0) is 4.79 Å². The number of aliphatic carboxylic acids is 1. The summed E-state index contributed by atoms with van der Waals surface area (Å²) in [5.74, 6) is -1.29. The molecule has 1 aromatic heterocycles. The summed E-state index contributed by atoms with van der Waals surface area (Å²) in [6.07, 6.45) is 2.83. The molecule has 0 aliphatic rings. The lowest BCUT2D eigenvalue weighted by atomic mass is 10.1. The van der Waals surface area contributed by atoms with Crippen LogP contribution in [0.4, 0.5) is 0 Å². The normalized spacial score (nSPS) is 12.0. The van der Waals surface area contributed by atoms with Gasteiger partial charge in [0.05, 0.1) is 11.4 Å². The number of oxime groups is 1. The molecular weight excluding hydrogens is 270 g/mol. The first-order valence-corrected chi connectivity index (χ1v) is 6.29. The molecule has 0 saturated carbocycles. The van der Waals surface area contributed by atoms with Crippen LogP contribution in [0, 0.1) is 13.8 Å². The zero-order valence-corrected chi connectivity index (χ0v) is 11.7. The molecule has 21 heavy (non-hydrogen) atoms. The molecule has 6 heteroatoms. The summed E-state index contributed by atoms with van der Waals surface area (Å²) >= 11 is 0. The van der Waals surface area contributed by atoms with E-state index in [0.717, 1.165) is 22.6 Å². The van der Waals surface area contributed by atoms with Gasteiger partial charge in [-0.15, -0.1) is 0 Å². The molecule has 0 aliphatic carbocycles. The number of carbonyl (C=O) groups is 1. The quantitative estimate of drug-likeness (QED) is 0.513. The summed E-state index contributed by atoms with van der Waals surface area (Å²) in [6, 6.07) is 9.63. The Bertz CT molecular complexity index is 715. The largest absolute Gasteiger partial charge is 0.476 e. The lowest BCUT2D eigenvalue weighted by Gasteiger charge is -2.03. The molecular formula is C15H15N3O3.